The van der Waals surface area contributed by atoms with Gasteiger partial charge < -0.3 is 10.8 Å². The first kappa shape index (κ1) is 16.8. The van der Waals surface area contributed by atoms with Crippen molar-refractivity contribution < 1.29 is 5.11 Å². The highest BCUT2D eigenvalue weighted by Crippen LogP contribution is 1.77. The molecule has 0 saturated heterocycles. The Bertz CT molecular complexity index is 67.0. The molecule has 0 bridgehead atoms. The molecule has 0 aliphatic rings. The quantitative estimate of drug-likeness (QED) is 0.639. The van der Waals surface area contributed by atoms with Crippen LogP contribution in [0, 0.1) is 11.3 Å². The Labute approximate surface area is 69.8 Å². The SMILES string of the molecule is CC#N.CCCCN.CCO. The summed E-state index contributed by atoms with van der Waals surface area (Å²) in [6.07, 6.45) is 2.39. The zero-order chi connectivity index (χ0) is 9.54. The molecule has 0 saturated carbocycles. The Morgan fingerprint density at radius 1 is 1.45 bits per heavy atom. The first-order chi connectivity index (χ1) is 5.24. The Morgan fingerprint density at radius 3 is 1.73 bits per heavy atom. The van der Waals surface area contributed by atoms with E-state index < -0.39 is 0 Å². The number of hydrogen-bond acceptors (Lipinski definition) is 3. The van der Waals surface area contributed by atoms with Crippen LogP contribution in [0.4, 0.5) is 0 Å². The molecule has 0 aromatic rings. The largest absolute Gasteiger partial charge is 0.397 e. The summed E-state index contributed by atoms with van der Waals surface area (Å²) in [5.41, 5.74) is 5.14. The molecule has 0 atom stereocenters. The fourth-order valence-corrected chi connectivity index (χ4v) is 0.204. The van der Waals surface area contributed by atoms with E-state index in [2.05, 4.69) is 6.92 Å². The minimum atomic E-state index is 0.250. The van der Waals surface area contributed by atoms with Gasteiger partial charge in [0.15, 0.2) is 0 Å². The van der Waals surface area contributed by atoms with Crippen molar-refractivity contribution in [3.63, 3.8) is 0 Å². The second kappa shape index (κ2) is 34.2. The van der Waals surface area contributed by atoms with Crippen molar-refractivity contribution in [1.82, 2.24) is 0 Å². The third-order valence-electron chi connectivity index (χ3n) is 0.558. The van der Waals surface area contributed by atoms with Crippen LogP contribution in [0.2, 0.25) is 0 Å². The van der Waals surface area contributed by atoms with Crippen molar-refractivity contribution in [3.8, 4) is 6.07 Å². The average Bonchev–Trinajstić information content (AvgIpc) is 1.92. The first-order valence-electron chi connectivity index (χ1n) is 3.86. The Balaban J connectivity index is -0.0000000933. The number of nitriles is 1. The molecule has 0 unspecified atom stereocenters. The number of aliphatic hydroxyl groups excluding tert-OH is 1. The van der Waals surface area contributed by atoms with Gasteiger partial charge in [-0.05, 0) is 19.9 Å². The fourth-order valence-electron chi connectivity index (χ4n) is 0.204. The molecule has 0 fully saturated rings. The van der Waals surface area contributed by atoms with Crippen molar-refractivity contribution in [2.24, 2.45) is 5.73 Å². The number of nitrogens with zero attached hydrogens (tertiary/aromatic N) is 1. The number of nitrogens with two attached hydrogens (primary N) is 1. The Hall–Kier alpha value is -0.590. The summed E-state index contributed by atoms with van der Waals surface area (Å²) < 4.78 is 0. The smallest absolute Gasteiger partial charge is 0.0587 e. The summed E-state index contributed by atoms with van der Waals surface area (Å²) in [7, 11) is 0. The number of unbranched alkanes of at least 4 members (excludes halogenated alkanes) is 1. The van der Waals surface area contributed by atoms with Gasteiger partial charge in [0, 0.05) is 13.5 Å². The average molecular weight is 160 g/mol. The zero-order valence-electron chi connectivity index (χ0n) is 7.80. The van der Waals surface area contributed by atoms with E-state index in [0.717, 1.165) is 6.54 Å². The van der Waals surface area contributed by atoms with Gasteiger partial charge in [-0.2, -0.15) is 5.26 Å². The summed E-state index contributed by atoms with van der Waals surface area (Å²) in [4.78, 5) is 0. The van der Waals surface area contributed by atoms with Crippen LogP contribution in [0.15, 0.2) is 0 Å². The van der Waals surface area contributed by atoms with E-state index in [1.54, 1.807) is 13.0 Å². The van der Waals surface area contributed by atoms with E-state index in [4.69, 9.17) is 16.1 Å². The molecule has 11 heavy (non-hydrogen) atoms. The van der Waals surface area contributed by atoms with E-state index in [1.165, 1.54) is 19.8 Å². The maximum Gasteiger partial charge on any atom is 0.0587 e. The molecule has 0 aliphatic carbocycles. The maximum absolute atomic E-state index is 7.57. The van der Waals surface area contributed by atoms with Crippen LogP contribution in [0.3, 0.4) is 0 Å². The van der Waals surface area contributed by atoms with Crippen LogP contribution in [-0.4, -0.2) is 18.3 Å². The van der Waals surface area contributed by atoms with E-state index >= 15 is 0 Å². The van der Waals surface area contributed by atoms with E-state index in [-0.39, 0.29) is 6.61 Å². The topological polar surface area (TPSA) is 70.0 Å². The van der Waals surface area contributed by atoms with Crippen LogP contribution in [0.25, 0.3) is 0 Å². The van der Waals surface area contributed by atoms with Crippen molar-refractivity contribution in [1.29, 1.82) is 5.26 Å². The van der Waals surface area contributed by atoms with Gasteiger partial charge in [0.2, 0.25) is 0 Å². The number of aliphatic hydroxyl groups is 1. The summed E-state index contributed by atoms with van der Waals surface area (Å²) in [5.74, 6) is 0. The molecule has 0 spiro atoms. The van der Waals surface area contributed by atoms with Crippen LogP contribution in [0.5, 0.6) is 0 Å². The van der Waals surface area contributed by atoms with E-state index in [9.17, 15) is 0 Å². The van der Waals surface area contributed by atoms with Crippen molar-refractivity contribution in [3.05, 3.63) is 0 Å². The van der Waals surface area contributed by atoms with Gasteiger partial charge in [-0.3, -0.25) is 0 Å². The molecule has 3 heteroatoms. The van der Waals surface area contributed by atoms with Crippen molar-refractivity contribution >= 4 is 0 Å². The Kier molecular flexibility index (Phi) is 52.2. The van der Waals surface area contributed by atoms with Gasteiger partial charge in [0.25, 0.3) is 0 Å². The highest BCUT2D eigenvalue weighted by atomic mass is 16.2. The van der Waals surface area contributed by atoms with Gasteiger partial charge in [-0.25, -0.2) is 0 Å². The third-order valence-corrected chi connectivity index (χ3v) is 0.558. The van der Waals surface area contributed by atoms with Crippen LogP contribution in [0.1, 0.15) is 33.6 Å². The lowest BCUT2D eigenvalue weighted by Crippen LogP contribution is -1.95. The zero-order valence-corrected chi connectivity index (χ0v) is 7.80. The minimum absolute atomic E-state index is 0.250. The summed E-state index contributed by atoms with van der Waals surface area (Å²) in [6, 6.07) is 1.75. The van der Waals surface area contributed by atoms with Crippen LogP contribution < -0.4 is 5.73 Å². The fraction of sp³-hybridized carbons (Fsp3) is 0.875. The van der Waals surface area contributed by atoms with Gasteiger partial charge in [0.1, 0.15) is 0 Å². The normalized spacial score (nSPS) is 6.18. The van der Waals surface area contributed by atoms with Gasteiger partial charge in [-0.1, -0.05) is 13.3 Å². The second-order valence-electron chi connectivity index (χ2n) is 1.68. The van der Waals surface area contributed by atoms with Gasteiger partial charge >= 0.3 is 0 Å². The lowest BCUT2D eigenvalue weighted by Gasteiger charge is -1.80. The summed E-state index contributed by atoms with van der Waals surface area (Å²) in [5, 5.41) is 14.9. The molecule has 0 radical (unpaired) electrons. The van der Waals surface area contributed by atoms with Crippen LogP contribution >= 0.6 is 0 Å². The predicted molar refractivity (Wildman–Crippen MR) is 48.0 cm³/mol. The molecular formula is C8H20N2O. The molecule has 0 heterocycles. The minimum Gasteiger partial charge on any atom is -0.397 e. The molecule has 0 rings (SSSR count). The van der Waals surface area contributed by atoms with Crippen molar-refractivity contribution in [2.45, 2.75) is 33.6 Å². The molecule has 68 valence electrons. The lowest BCUT2D eigenvalue weighted by molar-refractivity contribution is 0.318. The van der Waals surface area contributed by atoms with Gasteiger partial charge in [-0.15, -0.1) is 0 Å². The molecule has 3 nitrogen and oxygen atoms in total. The highest BCUT2D eigenvalue weighted by molar-refractivity contribution is 4.51. The lowest BCUT2D eigenvalue weighted by atomic mass is 10.3. The van der Waals surface area contributed by atoms with Gasteiger partial charge in [0.05, 0.1) is 6.07 Å². The molecule has 3 N–H and O–H groups in total. The molecule has 0 amide bonds. The molecule has 0 aromatic carbocycles. The standard InChI is InChI=1S/C4H11N.C2H3N.C2H6O/c1-2-3-4-5;2*1-2-3/h2-5H2,1H3;1H3;3H,2H2,1H3. The first-order valence-corrected chi connectivity index (χ1v) is 3.86. The molecule has 0 aromatic heterocycles. The second-order valence-corrected chi connectivity index (χ2v) is 1.68. The monoisotopic (exact) mass is 160 g/mol. The van der Waals surface area contributed by atoms with E-state index in [1.807, 2.05) is 0 Å². The number of rotatable bonds is 2. The Morgan fingerprint density at radius 2 is 1.73 bits per heavy atom. The molecular weight excluding hydrogens is 140 g/mol. The number of hydrogen-bond donors (Lipinski definition) is 2. The summed E-state index contributed by atoms with van der Waals surface area (Å²) in [6.45, 7) is 6.34. The third kappa shape index (κ3) is 260. The predicted octanol–water partition coefficient (Wildman–Crippen LogP) is 1.27. The highest BCUT2D eigenvalue weighted by Gasteiger charge is 1.67. The van der Waals surface area contributed by atoms with E-state index in [0.29, 0.717) is 0 Å². The maximum atomic E-state index is 7.57. The van der Waals surface area contributed by atoms with Crippen molar-refractivity contribution in [2.75, 3.05) is 13.2 Å². The summed E-state index contributed by atoms with van der Waals surface area (Å²) >= 11 is 0. The molecule has 0 aliphatic heterocycles. The van der Waals surface area contributed by atoms with Crippen LogP contribution in [-0.2, 0) is 0 Å².